The number of nitrogens with zero attached hydrogens (tertiary/aromatic N) is 1. The zero-order valence-corrected chi connectivity index (χ0v) is 16.9. The van der Waals surface area contributed by atoms with Crippen LogP contribution in [0, 0.1) is 23.7 Å². The molecule has 0 radical (unpaired) electrons. The summed E-state index contributed by atoms with van der Waals surface area (Å²) in [6, 6.07) is 4.57. The number of carbonyl (C=O) groups is 4. The Bertz CT molecular complexity index is 917. The lowest BCUT2D eigenvalue weighted by molar-refractivity contribution is -0.158. The molecule has 1 aromatic rings. The quantitative estimate of drug-likeness (QED) is 0.435. The summed E-state index contributed by atoms with van der Waals surface area (Å²) in [5.41, 5.74) is 0.285. The van der Waals surface area contributed by atoms with Crippen LogP contribution in [0.4, 0.5) is 5.69 Å². The number of allylic oxidation sites excluding steroid dienone is 2. The topological polar surface area (TPSA) is 92.8 Å². The number of halogens is 2. The maximum Gasteiger partial charge on any atom is 0.326 e. The maximum absolute atomic E-state index is 12.6. The fourth-order valence-electron chi connectivity index (χ4n) is 4.36. The van der Waals surface area contributed by atoms with Crippen LogP contribution in [0.2, 0.25) is 10.0 Å². The van der Waals surface area contributed by atoms with E-state index in [2.05, 4.69) is 5.32 Å². The van der Waals surface area contributed by atoms with Gasteiger partial charge in [0.25, 0.3) is 5.91 Å². The lowest BCUT2D eigenvalue weighted by Gasteiger charge is -2.18. The van der Waals surface area contributed by atoms with Gasteiger partial charge in [0, 0.05) is 5.02 Å². The molecule has 1 saturated carbocycles. The largest absolute Gasteiger partial charge is 0.451 e. The van der Waals surface area contributed by atoms with Crippen LogP contribution >= 0.6 is 23.2 Å². The van der Waals surface area contributed by atoms with Crippen molar-refractivity contribution in [3.8, 4) is 0 Å². The number of amides is 3. The van der Waals surface area contributed by atoms with Gasteiger partial charge in [0.1, 0.15) is 6.54 Å². The highest BCUT2D eigenvalue weighted by Gasteiger charge is 2.59. The van der Waals surface area contributed by atoms with E-state index in [9.17, 15) is 19.2 Å². The molecule has 2 bridgehead atoms. The first-order chi connectivity index (χ1) is 13.8. The van der Waals surface area contributed by atoms with E-state index >= 15 is 0 Å². The monoisotopic (exact) mass is 436 g/mol. The first-order valence-corrected chi connectivity index (χ1v) is 10.0. The number of anilines is 1. The van der Waals surface area contributed by atoms with Crippen LogP contribution in [0.25, 0.3) is 0 Å². The fourth-order valence-corrected chi connectivity index (χ4v) is 4.70. The predicted octanol–water partition coefficient (Wildman–Crippen LogP) is 2.67. The van der Waals surface area contributed by atoms with Crippen LogP contribution < -0.4 is 5.32 Å². The summed E-state index contributed by atoms with van der Waals surface area (Å²) in [6.45, 7) is 0.887. The highest BCUT2D eigenvalue weighted by Crippen LogP contribution is 2.52. The molecule has 1 saturated heterocycles. The Morgan fingerprint density at radius 2 is 1.79 bits per heavy atom. The summed E-state index contributed by atoms with van der Waals surface area (Å²) in [6.07, 6.45) is 3.62. The third-order valence-electron chi connectivity index (χ3n) is 5.71. The number of nitrogens with one attached hydrogen (secondary N) is 1. The summed E-state index contributed by atoms with van der Waals surface area (Å²) < 4.78 is 5.12. The van der Waals surface area contributed by atoms with Crippen molar-refractivity contribution in [3.63, 3.8) is 0 Å². The first kappa shape index (κ1) is 19.9. The number of hydrogen-bond acceptors (Lipinski definition) is 5. The molecule has 2 fully saturated rings. The molecule has 5 unspecified atom stereocenters. The van der Waals surface area contributed by atoms with Gasteiger partial charge in [-0.15, -0.1) is 0 Å². The molecule has 1 N–H and O–H groups in total. The molecule has 4 rings (SSSR count). The van der Waals surface area contributed by atoms with E-state index in [0.717, 1.165) is 11.3 Å². The van der Waals surface area contributed by atoms with Crippen molar-refractivity contribution in [2.75, 3.05) is 11.9 Å². The second-order valence-electron chi connectivity index (χ2n) is 7.51. The third kappa shape index (κ3) is 3.53. The number of carbonyl (C=O) groups excluding carboxylic acids is 4. The minimum atomic E-state index is -1.15. The van der Waals surface area contributed by atoms with E-state index in [-0.39, 0.29) is 46.2 Å². The molecule has 0 aromatic heterocycles. The Labute approximate surface area is 177 Å². The molecule has 0 spiro atoms. The summed E-state index contributed by atoms with van der Waals surface area (Å²) >= 11 is 11.9. The van der Waals surface area contributed by atoms with E-state index in [1.165, 1.54) is 19.1 Å². The number of esters is 1. The van der Waals surface area contributed by atoms with Crippen molar-refractivity contribution >= 4 is 52.6 Å². The van der Waals surface area contributed by atoms with Crippen molar-refractivity contribution in [2.24, 2.45) is 23.7 Å². The number of benzene rings is 1. The second kappa shape index (κ2) is 7.46. The minimum Gasteiger partial charge on any atom is -0.451 e. The van der Waals surface area contributed by atoms with Gasteiger partial charge in [-0.1, -0.05) is 35.4 Å². The van der Waals surface area contributed by atoms with Crippen molar-refractivity contribution < 1.29 is 23.9 Å². The van der Waals surface area contributed by atoms with Gasteiger partial charge in [-0.05, 0) is 43.4 Å². The zero-order valence-electron chi connectivity index (χ0n) is 15.4. The molecule has 3 amide bonds. The summed E-state index contributed by atoms with van der Waals surface area (Å²) in [5.74, 6) is -2.74. The molecule has 9 heteroatoms. The Hall–Kier alpha value is -2.38. The van der Waals surface area contributed by atoms with E-state index in [1.54, 1.807) is 6.07 Å². The van der Waals surface area contributed by atoms with Gasteiger partial charge in [-0.3, -0.25) is 24.1 Å². The molecular weight excluding hydrogens is 419 g/mol. The average molecular weight is 437 g/mol. The van der Waals surface area contributed by atoms with Gasteiger partial charge < -0.3 is 10.1 Å². The first-order valence-electron chi connectivity index (χ1n) is 9.25. The predicted molar refractivity (Wildman–Crippen MR) is 105 cm³/mol. The zero-order chi connectivity index (χ0) is 20.9. The third-order valence-corrected chi connectivity index (χ3v) is 6.28. The molecule has 7 nitrogen and oxygen atoms in total. The van der Waals surface area contributed by atoms with Crippen LogP contribution in [-0.4, -0.2) is 41.2 Å². The van der Waals surface area contributed by atoms with Gasteiger partial charge in [0.15, 0.2) is 6.10 Å². The van der Waals surface area contributed by atoms with Crippen LogP contribution in [-0.2, 0) is 23.9 Å². The van der Waals surface area contributed by atoms with Crippen molar-refractivity contribution in [1.29, 1.82) is 0 Å². The molecule has 2 aliphatic carbocycles. The Morgan fingerprint density at radius 3 is 2.41 bits per heavy atom. The Balaban J connectivity index is 1.35. The van der Waals surface area contributed by atoms with Crippen LogP contribution in [0.1, 0.15) is 13.3 Å². The van der Waals surface area contributed by atoms with E-state index in [0.29, 0.717) is 5.02 Å². The maximum atomic E-state index is 12.6. The lowest BCUT2D eigenvalue weighted by atomic mass is 9.85. The summed E-state index contributed by atoms with van der Waals surface area (Å²) in [4.78, 5) is 50.7. The molecule has 1 heterocycles. The SMILES string of the molecule is CC(OC(=O)CN1C(=O)C2C3C=CC(C3)C2C1=O)C(=O)Nc1cc(Cl)ccc1Cl. The van der Waals surface area contributed by atoms with Crippen molar-refractivity contribution in [2.45, 2.75) is 19.4 Å². The number of ether oxygens (including phenoxy) is 1. The van der Waals surface area contributed by atoms with Gasteiger partial charge in [-0.25, -0.2) is 0 Å². The standard InChI is InChI=1S/C20H18Cl2N2O5/c1-9(18(26)23-14-7-12(21)4-5-13(14)22)29-15(25)8-24-19(27)16-10-2-3-11(6-10)17(16)20(24)28/h2-5,7,9-11,16-17H,6,8H2,1H3,(H,23,26). The van der Waals surface area contributed by atoms with E-state index in [1.807, 2.05) is 12.2 Å². The molecule has 3 aliphatic rings. The van der Waals surface area contributed by atoms with Crippen LogP contribution in [0.5, 0.6) is 0 Å². The number of imide groups is 1. The van der Waals surface area contributed by atoms with Gasteiger partial charge in [0.2, 0.25) is 11.8 Å². The van der Waals surface area contributed by atoms with E-state index in [4.69, 9.17) is 27.9 Å². The van der Waals surface area contributed by atoms with Crippen LogP contribution in [0.3, 0.4) is 0 Å². The summed E-state index contributed by atoms with van der Waals surface area (Å²) in [5, 5.41) is 3.20. The number of rotatable bonds is 5. The highest BCUT2D eigenvalue weighted by molar-refractivity contribution is 6.35. The van der Waals surface area contributed by atoms with Gasteiger partial charge in [-0.2, -0.15) is 0 Å². The lowest BCUT2D eigenvalue weighted by Crippen LogP contribution is -2.40. The Kier molecular flexibility index (Phi) is 5.12. The normalized spacial score (nSPS) is 27.9. The van der Waals surface area contributed by atoms with E-state index < -0.39 is 24.5 Å². The van der Waals surface area contributed by atoms with Gasteiger partial charge >= 0.3 is 5.97 Å². The Morgan fingerprint density at radius 1 is 1.17 bits per heavy atom. The number of likely N-dealkylation sites (tertiary alicyclic amines) is 1. The number of fused-ring (bicyclic) bond motifs is 5. The van der Waals surface area contributed by atoms with Crippen molar-refractivity contribution in [1.82, 2.24) is 4.90 Å². The molecular formula is C20H18Cl2N2O5. The molecule has 152 valence electrons. The smallest absolute Gasteiger partial charge is 0.326 e. The average Bonchev–Trinajstić information content (AvgIpc) is 3.34. The van der Waals surface area contributed by atoms with Gasteiger partial charge in [0.05, 0.1) is 22.5 Å². The minimum absolute atomic E-state index is 0.0645. The van der Waals surface area contributed by atoms with Crippen molar-refractivity contribution in [3.05, 3.63) is 40.4 Å². The molecule has 29 heavy (non-hydrogen) atoms. The molecule has 1 aromatic carbocycles. The molecule has 5 atom stereocenters. The van der Waals surface area contributed by atoms with Crippen LogP contribution in [0.15, 0.2) is 30.4 Å². The highest BCUT2D eigenvalue weighted by atomic mass is 35.5. The number of hydrogen-bond donors (Lipinski definition) is 1. The second-order valence-corrected chi connectivity index (χ2v) is 8.35. The fraction of sp³-hybridized carbons (Fsp3) is 0.400. The molecule has 1 aliphatic heterocycles. The summed E-state index contributed by atoms with van der Waals surface area (Å²) in [7, 11) is 0.